The van der Waals surface area contributed by atoms with Crippen molar-refractivity contribution < 1.29 is 14.6 Å². The predicted molar refractivity (Wildman–Crippen MR) is 116 cm³/mol. The number of benzene rings is 3. The average molecular weight is 386 g/mol. The second kappa shape index (κ2) is 10.4. The molecule has 0 saturated carbocycles. The van der Waals surface area contributed by atoms with Crippen LogP contribution in [-0.2, 0) is 6.42 Å². The molecule has 0 aromatic heterocycles. The van der Waals surface area contributed by atoms with Gasteiger partial charge in [0.15, 0.2) is 11.5 Å². The smallest absolute Gasteiger partial charge is 0.161 e. The Bertz CT molecular complexity index is 955. The molecule has 3 rings (SSSR count). The SMILES string of the molecule is COc1ccc([C@@H](C#Cc2ccccc2)[C@H](CO)Cc2ccccc2)cc1OC. The lowest BCUT2D eigenvalue weighted by Crippen LogP contribution is -2.19. The highest BCUT2D eigenvalue weighted by atomic mass is 16.5. The molecule has 0 unspecified atom stereocenters. The molecule has 148 valence electrons. The molecule has 0 amide bonds. The summed E-state index contributed by atoms with van der Waals surface area (Å²) >= 11 is 0. The lowest BCUT2D eigenvalue weighted by Gasteiger charge is -2.23. The molecule has 0 fully saturated rings. The molecule has 0 bridgehead atoms. The molecule has 0 aliphatic carbocycles. The Hall–Kier alpha value is -3.22. The van der Waals surface area contributed by atoms with Crippen molar-refractivity contribution in [1.82, 2.24) is 0 Å². The number of aliphatic hydroxyl groups excluding tert-OH is 1. The van der Waals surface area contributed by atoms with Gasteiger partial charge in [-0.1, -0.05) is 66.4 Å². The first kappa shape index (κ1) is 20.5. The van der Waals surface area contributed by atoms with Crippen molar-refractivity contribution in [2.24, 2.45) is 5.92 Å². The summed E-state index contributed by atoms with van der Waals surface area (Å²) in [5.41, 5.74) is 3.13. The van der Waals surface area contributed by atoms with Crippen LogP contribution in [0.4, 0.5) is 0 Å². The van der Waals surface area contributed by atoms with Crippen LogP contribution in [0.25, 0.3) is 0 Å². The Morgan fingerprint density at radius 1 is 0.828 bits per heavy atom. The third kappa shape index (κ3) is 5.40. The van der Waals surface area contributed by atoms with Gasteiger partial charge >= 0.3 is 0 Å². The summed E-state index contributed by atoms with van der Waals surface area (Å²) in [6.07, 6.45) is 0.736. The maximum Gasteiger partial charge on any atom is 0.161 e. The van der Waals surface area contributed by atoms with Gasteiger partial charge in [-0.25, -0.2) is 0 Å². The molecule has 0 spiro atoms. The van der Waals surface area contributed by atoms with Crippen molar-refractivity contribution in [3.63, 3.8) is 0 Å². The third-order valence-corrected chi connectivity index (χ3v) is 4.96. The van der Waals surface area contributed by atoms with Gasteiger partial charge in [0.2, 0.25) is 0 Å². The van der Waals surface area contributed by atoms with E-state index >= 15 is 0 Å². The van der Waals surface area contributed by atoms with Crippen molar-refractivity contribution in [3.8, 4) is 23.3 Å². The van der Waals surface area contributed by atoms with E-state index in [-0.39, 0.29) is 18.4 Å². The van der Waals surface area contributed by atoms with Crippen molar-refractivity contribution in [1.29, 1.82) is 0 Å². The highest BCUT2D eigenvalue weighted by Gasteiger charge is 2.23. The van der Waals surface area contributed by atoms with Gasteiger partial charge in [-0.15, -0.1) is 0 Å². The Balaban J connectivity index is 2.00. The minimum atomic E-state index is -0.153. The first-order valence-corrected chi connectivity index (χ1v) is 9.68. The Morgan fingerprint density at radius 3 is 2.10 bits per heavy atom. The van der Waals surface area contributed by atoms with Crippen LogP contribution >= 0.6 is 0 Å². The molecule has 0 aliphatic heterocycles. The molecule has 29 heavy (non-hydrogen) atoms. The second-order valence-electron chi connectivity index (χ2n) is 6.86. The summed E-state index contributed by atoms with van der Waals surface area (Å²) in [6.45, 7) is 0.0391. The molecule has 0 heterocycles. The van der Waals surface area contributed by atoms with Crippen LogP contribution in [0.5, 0.6) is 11.5 Å². The lowest BCUT2D eigenvalue weighted by molar-refractivity contribution is 0.216. The van der Waals surface area contributed by atoms with Gasteiger partial charge in [0.25, 0.3) is 0 Å². The fraction of sp³-hybridized carbons (Fsp3) is 0.231. The number of hydrogen-bond acceptors (Lipinski definition) is 3. The Labute approximate surface area is 172 Å². The predicted octanol–water partition coefficient (Wildman–Crippen LogP) is 4.69. The number of aliphatic hydroxyl groups is 1. The average Bonchev–Trinajstić information content (AvgIpc) is 2.79. The van der Waals surface area contributed by atoms with E-state index in [4.69, 9.17) is 9.47 Å². The van der Waals surface area contributed by atoms with Crippen LogP contribution in [0.2, 0.25) is 0 Å². The molecule has 3 aromatic rings. The van der Waals surface area contributed by atoms with Crippen LogP contribution in [-0.4, -0.2) is 25.9 Å². The summed E-state index contributed by atoms with van der Waals surface area (Å²) in [7, 11) is 3.25. The maximum atomic E-state index is 10.2. The van der Waals surface area contributed by atoms with E-state index in [0.717, 1.165) is 17.5 Å². The highest BCUT2D eigenvalue weighted by Crippen LogP contribution is 2.34. The fourth-order valence-corrected chi connectivity index (χ4v) is 3.41. The number of methoxy groups -OCH3 is 2. The summed E-state index contributed by atoms with van der Waals surface area (Å²) < 4.78 is 10.9. The van der Waals surface area contributed by atoms with E-state index in [1.165, 1.54) is 5.56 Å². The zero-order valence-electron chi connectivity index (χ0n) is 16.8. The van der Waals surface area contributed by atoms with E-state index < -0.39 is 0 Å². The topological polar surface area (TPSA) is 38.7 Å². The molecule has 1 N–H and O–H groups in total. The number of ether oxygens (including phenoxy) is 2. The molecular formula is C26H26O3. The molecule has 3 nitrogen and oxygen atoms in total. The molecule has 2 atom stereocenters. The minimum Gasteiger partial charge on any atom is -0.493 e. The van der Waals surface area contributed by atoms with Crippen LogP contribution in [0.15, 0.2) is 78.9 Å². The summed E-state index contributed by atoms with van der Waals surface area (Å²) in [5, 5.41) is 10.2. The molecule has 0 saturated heterocycles. The standard InChI is InChI=1S/C26H26O3/c1-28-25-16-14-22(18-26(25)29-2)24(15-13-20-9-5-3-6-10-20)23(19-27)17-21-11-7-4-8-12-21/h3-12,14,16,18,23-24,27H,17,19H2,1-2H3/t23-,24+/m0/s1. The highest BCUT2D eigenvalue weighted by molar-refractivity contribution is 5.47. The zero-order chi connectivity index (χ0) is 20.5. The van der Waals surface area contributed by atoms with Gasteiger partial charge in [0.05, 0.1) is 20.1 Å². The lowest BCUT2D eigenvalue weighted by atomic mass is 9.82. The van der Waals surface area contributed by atoms with Gasteiger partial charge in [0.1, 0.15) is 0 Å². The van der Waals surface area contributed by atoms with E-state index in [2.05, 4.69) is 24.0 Å². The summed E-state index contributed by atoms with van der Waals surface area (Å²) in [6, 6.07) is 26.0. The molecule has 3 heteroatoms. The van der Waals surface area contributed by atoms with E-state index in [9.17, 15) is 5.11 Å². The molecular weight excluding hydrogens is 360 g/mol. The van der Waals surface area contributed by atoms with Gasteiger partial charge in [-0.05, 0) is 41.8 Å². The summed E-state index contributed by atoms with van der Waals surface area (Å²) in [4.78, 5) is 0. The van der Waals surface area contributed by atoms with Crippen molar-refractivity contribution in [2.45, 2.75) is 12.3 Å². The van der Waals surface area contributed by atoms with Crippen LogP contribution in [0.3, 0.4) is 0 Å². The monoisotopic (exact) mass is 386 g/mol. The van der Waals surface area contributed by atoms with Gasteiger partial charge < -0.3 is 14.6 Å². The van der Waals surface area contributed by atoms with Gasteiger partial charge in [0, 0.05) is 18.1 Å². The first-order chi connectivity index (χ1) is 14.2. The third-order valence-electron chi connectivity index (χ3n) is 4.96. The van der Waals surface area contributed by atoms with Crippen LogP contribution in [0.1, 0.15) is 22.6 Å². The van der Waals surface area contributed by atoms with Crippen molar-refractivity contribution >= 4 is 0 Å². The zero-order valence-corrected chi connectivity index (χ0v) is 16.8. The normalized spacial score (nSPS) is 12.4. The van der Waals surface area contributed by atoms with E-state index in [0.29, 0.717) is 11.5 Å². The minimum absolute atomic E-state index is 0.0391. The largest absolute Gasteiger partial charge is 0.493 e. The van der Waals surface area contributed by atoms with E-state index in [1.54, 1.807) is 14.2 Å². The number of hydrogen-bond donors (Lipinski definition) is 1. The fourth-order valence-electron chi connectivity index (χ4n) is 3.41. The van der Waals surface area contributed by atoms with Crippen LogP contribution in [0, 0.1) is 17.8 Å². The number of rotatable bonds is 7. The Morgan fingerprint density at radius 2 is 1.48 bits per heavy atom. The van der Waals surface area contributed by atoms with E-state index in [1.807, 2.05) is 66.7 Å². The first-order valence-electron chi connectivity index (χ1n) is 9.68. The molecule has 0 radical (unpaired) electrons. The van der Waals surface area contributed by atoms with Crippen molar-refractivity contribution in [3.05, 3.63) is 95.6 Å². The molecule has 3 aromatic carbocycles. The quantitative estimate of drug-likeness (QED) is 0.599. The maximum absolute atomic E-state index is 10.2. The van der Waals surface area contributed by atoms with Crippen molar-refractivity contribution in [2.75, 3.05) is 20.8 Å². The summed E-state index contributed by atoms with van der Waals surface area (Å²) in [5.74, 6) is 7.82. The van der Waals surface area contributed by atoms with Gasteiger partial charge in [-0.2, -0.15) is 0 Å². The molecule has 0 aliphatic rings. The Kier molecular flexibility index (Phi) is 7.33. The van der Waals surface area contributed by atoms with Crippen LogP contribution < -0.4 is 9.47 Å². The van der Waals surface area contributed by atoms with Gasteiger partial charge in [-0.3, -0.25) is 0 Å². The second-order valence-corrected chi connectivity index (χ2v) is 6.86.